The van der Waals surface area contributed by atoms with Crippen molar-refractivity contribution in [3.8, 4) is 0 Å². The Labute approximate surface area is 249 Å². The molecule has 1 saturated heterocycles. The summed E-state index contributed by atoms with van der Waals surface area (Å²) < 4.78 is 17.3. The molecule has 240 valence electrons. The van der Waals surface area contributed by atoms with Crippen LogP contribution < -0.4 is 11.1 Å². The first kappa shape index (κ1) is 35.9. The predicted molar refractivity (Wildman–Crippen MR) is 152 cm³/mol. The molecular weight excluding hydrogens is 574 g/mol. The quantitative estimate of drug-likeness (QED) is 0.0875. The van der Waals surface area contributed by atoms with E-state index in [0.29, 0.717) is 12.8 Å². The second-order valence-electron chi connectivity index (χ2n) is 10.1. The fourth-order valence-corrected chi connectivity index (χ4v) is 5.01. The number of ether oxygens (including phenoxy) is 3. The lowest BCUT2D eigenvalue weighted by Gasteiger charge is -2.39. The van der Waals surface area contributed by atoms with Crippen LogP contribution in [0.3, 0.4) is 0 Å². The number of aromatic nitrogens is 3. The van der Waals surface area contributed by atoms with Crippen LogP contribution in [-0.2, 0) is 28.6 Å². The van der Waals surface area contributed by atoms with Gasteiger partial charge in [0.15, 0.2) is 12.0 Å². The van der Waals surface area contributed by atoms with Crippen LogP contribution in [0, 0.1) is 0 Å². The third kappa shape index (κ3) is 11.7. The summed E-state index contributed by atoms with van der Waals surface area (Å²) in [5.41, 5.74) is 6.03. The van der Waals surface area contributed by atoms with Crippen molar-refractivity contribution in [3.63, 3.8) is 0 Å². The molecule has 1 aromatic heterocycles. The van der Waals surface area contributed by atoms with E-state index in [2.05, 4.69) is 15.6 Å². The Balaban J connectivity index is 1.87. The molecule has 0 spiro atoms. The fraction of sp³-hybridized carbons (Fsp3) is 0.808. The number of amides is 1. The van der Waals surface area contributed by atoms with Gasteiger partial charge in [-0.15, -0.1) is 5.10 Å². The zero-order valence-electron chi connectivity index (χ0n) is 24.2. The highest BCUT2D eigenvalue weighted by Crippen LogP contribution is 2.28. The molecule has 1 amide bonds. The third-order valence-electron chi connectivity index (χ3n) is 6.52. The number of nitrogens with zero attached hydrogens (tertiary/aromatic N) is 3. The smallest absolute Gasteiger partial charge is 0.306 e. The van der Waals surface area contributed by atoms with Crippen LogP contribution in [0.15, 0.2) is 6.20 Å². The van der Waals surface area contributed by atoms with Crippen molar-refractivity contribution in [2.24, 2.45) is 5.73 Å². The SMILES string of the molecule is CCCCCC(=O)OCC(CSCC(N)C(=O)Nc1cn([C@H]2OC(CO)C(O)C(O)C2O)nn1)OC(=O)CCCCC. The average molecular weight is 620 g/mol. The normalized spacial score (nSPS) is 23.6. The van der Waals surface area contributed by atoms with Crippen molar-refractivity contribution in [1.29, 1.82) is 0 Å². The lowest BCUT2D eigenvalue weighted by atomic mass is 9.98. The Morgan fingerprint density at radius 2 is 1.71 bits per heavy atom. The van der Waals surface area contributed by atoms with Gasteiger partial charge in [-0.2, -0.15) is 11.8 Å². The molecule has 0 bridgehead atoms. The summed E-state index contributed by atoms with van der Waals surface area (Å²) in [5.74, 6) is -0.907. The Morgan fingerprint density at radius 1 is 1.05 bits per heavy atom. The first-order chi connectivity index (χ1) is 20.1. The lowest BCUT2D eigenvalue weighted by molar-refractivity contribution is -0.254. The van der Waals surface area contributed by atoms with E-state index in [1.165, 1.54) is 18.0 Å². The highest BCUT2D eigenvalue weighted by atomic mass is 32.2. The maximum Gasteiger partial charge on any atom is 0.306 e. The standard InChI is InChI=1S/C26H45N5O10S/c1-3-5-7-9-20(33)39-13-16(40-21(34)10-8-6-4-2)14-42-15-17(27)25(38)28-19-11-31(30-29-19)26-24(37)23(36)22(35)18(12-32)41-26/h11,16-18,22-24,26,32,35-37H,3-10,12-15,27H2,1-2H3,(H,28,38)/t16?,17?,18?,22?,23?,24?,26-/m0/s1. The number of anilines is 1. The van der Waals surface area contributed by atoms with Gasteiger partial charge >= 0.3 is 11.9 Å². The van der Waals surface area contributed by atoms with Gasteiger partial charge in [-0.3, -0.25) is 14.4 Å². The van der Waals surface area contributed by atoms with Crippen molar-refractivity contribution >= 4 is 35.4 Å². The number of carbonyl (C=O) groups excluding carboxylic acids is 3. The van der Waals surface area contributed by atoms with Gasteiger partial charge in [-0.05, 0) is 12.8 Å². The van der Waals surface area contributed by atoms with E-state index in [1.54, 1.807) is 0 Å². The summed E-state index contributed by atoms with van der Waals surface area (Å²) in [4.78, 5) is 36.9. The van der Waals surface area contributed by atoms with Crippen LogP contribution >= 0.6 is 11.8 Å². The van der Waals surface area contributed by atoms with Crippen molar-refractivity contribution in [2.45, 2.75) is 108 Å². The number of carbonyl (C=O) groups is 3. The van der Waals surface area contributed by atoms with Crippen molar-refractivity contribution in [1.82, 2.24) is 15.0 Å². The third-order valence-corrected chi connectivity index (χ3v) is 7.73. The Hall–Kier alpha value is -2.34. The minimum Gasteiger partial charge on any atom is -0.462 e. The van der Waals surface area contributed by atoms with Crippen molar-refractivity contribution < 1.29 is 49.0 Å². The molecule has 7 N–H and O–H groups in total. The number of nitrogens with two attached hydrogens (primary N) is 1. The van der Waals surface area contributed by atoms with E-state index < -0.39 is 55.3 Å². The molecule has 2 rings (SSSR count). The van der Waals surface area contributed by atoms with Crippen LogP contribution in [0.25, 0.3) is 0 Å². The molecule has 6 unspecified atom stereocenters. The van der Waals surface area contributed by atoms with Crippen LogP contribution in [0.5, 0.6) is 0 Å². The van der Waals surface area contributed by atoms with E-state index in [-0.39, 0.29) is 42.3 Å². The summed E-state index contributed by atoms with van der Waals surface area (Å²) in [6.45, 7) is 3.38. The monoisotopic (exact) mass is 619 g/mol. The van der Waals surface area contributed by atoms with E-state index in [4.69, 9.17) is 19.9 Å². The van der Waals surface area contributed by atoms with Gasteiger partial charge < -0.3 is 45.7 Å². The van der Waals surface area contributed by atoms with E-state index in [0.717, 1.165) is 36.8 Å². The second-order valence-corrected chi connectivity index (χ2v) is 11.2. The molecule has 0 radical (unpaired) electrons. The van der Waals surface area contributed by atoms with Gasteiger partial charge in [-0.1, -0.05) is 44.7 Å². The number of rotatable bonds is 19. The second kappa shape index (κ2) is 19.0. The van der Waals surface area contributed by atoms with E-state index >= 15 is 0 Å². The van der Waals surface area contributed by atoms with E-state index in [1.807, 2.05) is 13.8 Å². The highest BCUT2D eigenvalue weighted by molar-refractivity contribution is 7.99. The number of hydrogen-bond donors (Lipinski definition) is 6. The van der Waals surface area contributed by atoms with Gasteiger partial charge in [0.1, 0.15) is 37.1 Å². The van der Waals surface area contributed by atoms with Crippen molar-refractivity contribution in [3.05, 3.63) is 6.20 Å². The maximum atomic E-state index is 12.6. The molecule has 15 nitrogen and oxygen atoms in total. The zero-order chi connectivity index (χ0) is 31.1. The maximum absolute atomic E-state index is 12.6. The molecular formula is C26H45N5O10S. The van der Waals surface area contributed by atoms with Gasteiger partial charge in [0, 0.05) is 24.3 Å². The van der Waals surface area contributed by atoms with Gasteiger partial charge in [-0.25, -0.2) is 4.68 Å². The molecule has 0 aliphatic carbocycles. The van der Waals surface area contributed by atoms with E-state index in [9.17, 15) is 34.8 Å². The lowest BCUT2D eigenvalue weighted by Crippen LogP contribution is -2.56. The number of unbranched alkanes of at least 4 members (excludes halogenated alkanes) is 4. The summed E-state index contributed by atoms with van der Waals surface area (Å²) in [6, 6.07) is -0.982. The fourth-order valence-electron chi connectivity index (χ4n) is 4.04. The summed E-state index contributed by atoms with van der Waals surface area (Å²) in [5, 5.41) is 49.6. The van der Waals surface area contributed by atoms with Crippen LogP contribution in [0.2, 0.25) is 0 Å². The topological polar surface area (TPSA) is 229 Å². The largest absolute Gasteiger partial charge is 0.462 e. The molecule has 42 heavy (non-hydrogen) atoms. The number of aliphatic hydroxyl groups excluding tert-OH is 4. The Kier molecular flexibility index (Phi) is 16.3. The minimum atomic E-state index is -1.60. The number of thioether (sulfide) groups is 1. The number of hydrogen-bond acceptors (Lipinski definition) is 14. The van der Waals surface area contributed by atoms with Crippen LogP contribution in [-0.4, -0.2) is 115 Å². The minimum absolute atomic E-state index is 0.00807. The number of esters is 2. The number of aliphatic hydroxyl groups is 4. The van der Waals surface area contributed by atoms with Gasteiger partial charge in [0.2, 0.25) is 5.91 Å². The Morgan fingerprint density at radius 3 is 2.36 bits per heavy atom. The van der Waals surface area contributed by atoms with Gasteiger partial charge in [0.05, 0.1) is 18.8 Å². The van der Waals surface area contributed by atoms with Gasteiger partial charge in [0.25, 0.3) is 0 Å². The summed E-state index contributed by atoms with van der Waals surface area (Å²) >= 11 is 1.26. The molecule has 7 atom stereocenters. The van der Waals surface area contributed by atoms with Crippen LogP contribution in [0.4, 0.5) is 5.82 Å². The summed E-state index contributed by atoms with van der Waals surface area (Å²) in [7, 11) is 0. The molecule has 1 fully saturated rings. The first-order valence-corrected chi connectivity index (χ1v) is 15.5. The zero-order valence-corrected chi connectivity index (χ0v) is 25.0. The molecule has 1 aromatic rings. The molecule has 16 heteroatoms. The van der Waals surface area contributed by atoms with Crippen molar-refractivity contribution in [2.75, 3.05) is 30.0 Å². The molecule has 0 aromatic carbocycles. The Bertz CT molecular complexity index is 968. The molecule has 1 aliphatic heterocycles. The number of nitrogens with one attached hydrogen (secondary N) is 1. The highest BCUT2D eigenvalue weighted by Gasteiger charge is 2.44. The summed E-state index contributed by atoms with van der Waals surface area (Å²) in [6.07, 6.45) is -0.782. The molecule has 2 heterocycles. The van der Waals surface area contributed by atoms with Crippen LogP contribution in [0.1, 0.15) is 71.4 Å². The first-order valence-electron chi connectivity index (χ1n) is 14.3. The molecule has 1 aliphatic rings. The predicted octanol–water partition coefficient (Wildman–Crippen LogP) is -0.135. The average Bonchev–Trinajstić information content (AvgIpc) is 3.43. The molecule has 0 saturated carbocycles.